The lowest BCUT2D eigenvalue weighted by Crippen LogP contribution is -2.31. The molecule has 0 spiro atoms. The Kier molecular flexibility index (Phi) is 3.19. The number of hydroxylamine groups is 1. The number of halogens is 1. The molecule has 0 saturated carbocycles. The first-order valence-electron chi connectivity index (χ1n) is 5.52. The molecular weight excluding hydrogens is 210 g/mol. The van der Waals surface area contributed by atoms with Crippen molar-refractivity contribution in [1.29, 1.82) is 0 Å². The summed E-state index contributed by atoms with van der Waals surface area (Å²) in [6.45, 7) is 5.25. The summed E-state index contributed by atoms with van der Waals surface area (Å²) in [4.78, 5) is 5.19. The second-order valence-electron chi connectivity index (χ2n) is 4.80. The van der Waals surface area contributed by atoms with Crippen LogP contribution in [0.4, 0.5) is 0 Å². The van der Waals surface area contributed by atoms with Gasteiger partial charge in [-0.25, -0.2) is 0 Å². The van der Waals surface area contributed by atoms with Crippen LogP contribution >= 0.6 is 11.6 Å². The van der Waals surface area contributed by atoms with Crippen LogP contribution in [0.25, 0.3) is 0 Å². The van der Waals surface area contributed by atoms with Gasteiger partial charge >= 0.3 is 0 Å². The lowest BCUT2D eigenvalue weighted by atomic mass is 9.72. The Labute approximate surface area is 96.3 Å². The molecule has 1 N–H and O–H groups in total. The largest absolute Gasteiger partial charge is 0.301 e. The maximum absolute atomic E-state index is 6.18. The fraction of sp³-hybridized carbons (Fsp3) is 0.667. The smallest absolute Gasteiger partial charge is 0.0698 e. The average Bonchev–Trinajstić information content (AvgIpc) is 2.67. The Hall–Kier alpha value is -0.310. The molecule has 0 bridgehead atoms. The quantitative estimate of drug-likeness (QED) is 0.783. The van der Waals surface area contributed by atoms with Crippen molar-refractivity contribution in [3.63, 3.8) is 0 Å². The standard InChI is InChI=1S/C12H18ClNO/c1-9-11(13)4-3-6-12(9,2)8-10-5-7-15-14-10/h3-4,10,14H,5-8H2,1-2H3/t10-,12?/m1/s1. The third-order valence-corrected chi connectivity index (χ3v) is 4.02. The first kappa shape index (κ1) is 11.2. The van der Waals surface area contributed by atoms with E-state index < -0.39 is 0 Å². The van der Waals surface area contributed by atoms with Crippen molar-refractivity contribution in [3.05, 3.63) is 22.8 Å². The lowest BCUT2D eigenvalue weighted by molar-refractivity contribution is 0.0806. The van der Waals surface area contributed by atoms with Gasteiger partial charge in [0.05, 0.1) is 6.61 Å². The predicted octanol–water partition coefficient (Wildman–Crippen LogP) is 3.15. The second-order valence-corrected chi connectivity index (χ2v) is 5.20. The molecule has 2 nitrogen and oxygen atoms in total. The van der Waals surface area contributed by atoms with E-state index >= 15 is 0 Å². The summed E-state index contributed by atoms with van der Waals surface area (Å²) >= 11 is 6.18. The van der Waals surface area contributed by atoms with Gasteiger partial charge in [0.1, 0.15) is 0 Å². The topological polar surface area (TPSA) is 21.3 Å². The van der Waals surface area contributed by atoms with Gasteiger partial charge in [-0.05, 0) is 43.3 Å². The number of hydrogen-bond acceptors (Lipinski definition) is 2. The van der Waals surface area contributed by atoms with E-state index in [0.717, 1.165) is 30.9 Å². The molecule has 1 aliphatic carbocycles. The Morgan fingerprint density at radius 3 is 3.13 bits per heavy atom. The van der Waals surface area contributed by atoms with Crippen LogP contribution in [0.1, 0.15) is 33.1 Å². The van der Waals surface area contributed by atoms with E-state index in [1.807, 2.05) is 6.08 Å². The molecular formula is C12H18ClNO. The van der Waals surface area contributed by atoms with Crippen molar-refractivity contribution in [1.82, 2.24) is 5.48 Å². The van der Waals surface area contributed by atoms with Gasteiger partial charge in [-0.15, -0.1) is 0 Å². The van der Waals surface area contributed by atoms with E-state index in [4.69, 9.17) is 16.4 Å². The number of allylic oxidation sites excluding steroid dienone is 4. The Bertz CT molecular complexity index is 305. The highest BCUT2D eigenvalue weighted by Gasteiger charge is 2.33. The van der Waals surface area contributed by atoms with Gasteiger partial charge in [-0.1, -0.05) is 24.6 Å². The first-order chi connectivity index (χ1) is 7.12. The highest BCUT2D eigenvalue weighted by Crippen LogP contribution is 2.42. The molecule has 0 aromatic heterocycles. The maximum atomic E-state index is 6.18. The van der Waals surface area contributed by atoms with Crippen molar-refractivity contribution in [2.24, 2.45) is 5.41 Å². The van der Waals surface area contributed by atoms with Gasteiger partial charge in [-0.2, -0.15) is 5.48 Å². The maximum Gasteiger partial charge on any atom is 0.0698 e. The van der Waals surface area contributed by atoms with Crippen LogP contribution in [0.5, 0.6) is 0 Å². The summed E-state index contributed by atoms with van der Waals surface area (Å²) in [7, 11) is 0. The molecule has 0 aromatic carbocycles. The van der Waals surface area contributed by atoms with Crippen molar-refractivity contribution in [3.8, 4) is 0 Å². The summed E-state index contributed by atoms with van der Waals surface area (Å²) in [6, 6.07) is 0.473. The minimum atomic E-state index is 0.192. The highest BCUT2D eigenvalue weighted by atomic mass is 35.5. The van der Waals surface area contributed by atoms with Crippen LogP contribution in [0, 0.1) is 5.41 Å². The first-order valence-corrected chi connectivity index (χ1v) is 5.90. The number of nitrogens with one attached hydrogen (secondary N) is 1. The van der Waals surface area contributed by atoms with E-state index in [-0.39, 0.29) is 5.41 Å². The molecule has 15 heavy (non-hydrogen) atoms. The number of rotatable bonds is 2. The molecule has 2 rings (SSSR count). The third kappa shape index (κ3) is 2.27. The molecule has 1 aliphatic heterocycles. The van der Waals surface area contributed by atoms with E-state index in [1.165, 1.54) is 5.57 Å². The fourth-order valence-electron chi connectivity index (χ4n) is 2.35. The van der Waals surface area contributed by atoms with Crippen LogP contribution < -0.4 is 5.48 Å². The molecule has 84 valence electrons. The molecule has 0 aromatic rings. The van der Waals surface area contributed by atoms with Crippen molar-refractivity contribution in [2.75, 3.05) is 6.61 Å². The summed E-state index contributed by atoms with van der Waals surface area (Å²) in [5, 5.41) is 0.905. The van der Waals surface area contributed by atoms with Gasteiger partial charge in [0.25, 0.3) is 0 Å². The summed E-state index contributed by atoms with van der Waals surface area (Å²) in [5.41, 5.74) is 4.57. The van der Waals surface area contributed by atoms with Crippen molar-refractivity contribution in [2.45, 2.75) is 39.2 Å². The Morgan fingerprint density at radius 2 is 2.47 bits per heavy atom. The molecule has 0 radical (unpaired) electrons. The number of hydrogen-bond donors (Lipinski definition) is 1. The van der Waals surface area contributed by atoms with Crippen molar-refractivity contribution >= 4 is 11.6 Å². The normalized spacial score (nSPS) is 36.3. The van der Waals surface area contributed by atoms with Crippen molar-refractivity contribution < 1.29 is 4.84 Å². The van der Waals surface area contributed by atoms with Crippen LogP contribution in [-0.2, 0) is 4.84 Å². The van der Waals surface area contributed by atoms with E-state index in [0.29, 0.717) is 6.04 Å². The highest BCUT2D eigenvalue weighted by molar-refractivity contribution is 6.31. The fourth-order valence-corrected chi connectivity index (χ4v) is 2.67. The van der Waals surface area contributed by atoms with Crippen LogP contribution in [0.3, 0.4) is 0 Å². The monoisotopic (exact) mass is 227 g/mol. The predicted molar refractivity (Wildman–Crippen MR) is 62.5 cm³/mol. The van der Waals surface area contributed by atoms with Crippen LogP contribution in [0.2, 0.25) is 0 Å². The summed E-state index contributed by atoms with van der Waals surface area (Å²) in [5.74, 6) is 0. The molecule has 1 saturated heterocycles. The van der Waals surface area contributed by atoms with Gasteiger partial charge in [0.2, 0.25) is 0 Å². The van der Waals surface area contributed by atoms with Crippen LogP contribution in [-0.4, -0.2) is 12.6 Å². The third-order valence-electron chi connectivity index (χ3n) is 3.61. The van der Waals surface area contributed by atoms with Gasteiger partial charge in [-0.3, -0.25) is 0 Å². The van der Waals surface area contributed by atoms with Gasteiger partial charge in [0, 0.05) is 11.1 Å². The molecule has 0 amide bonds. The van der Waals surface area contributed by atoms with Gasteiger partial charge in [0.15, 0.2) is 0 Å². The van der Waals surface area contributed by atoms with E-state index in [9.17, 15) is 0 Å². The summed E-state index contributed by atoms with van der Waals surface area (Å²) in [6.07, 6.45) is 7.46. The molecule has 2 atom stereocenters. The average molecular weight is 228 g/mol. The zero-order valence-electron chi connectivity index (χ0n) is 9.35. The Balaban J connectivity index is 2.09. The lowest BCUT2D eigenvalue weighted by Gasteiger charge is -2.34. The minimum Gasteiger partial charge on any atom is -0.301 e. The Morgan fingerprint density at radius 1 is 1.67 bits per heavy atom. The zero-order chi connectivity index (χ0) is 10.9. The minimum absolute atomic E-state index is 0.192. The molecule has 1 fully saturated rings. The molecule has 1 heterocycles. The molecule has 3 heteroatoms. The van der Waals surface area contributed by atoms with E-state index in [2.05, 4.69) is 25.4 Å². The van der Waals surface area contributed by atoms with E-state index in [1.54, 1.807) is 0 Å². The zero-order valence-corrected chi connectivity index (χ0v) is 10.1. The van der Waals surface area contributed by atoms with Gasteiger partial charge < -0.3 is 4.84 Å². The SMILES string of the molecule is CC1=C(Cl)C=CCC1(C)C[C@H]1CCON1. The second kappa shape index (κ2) is 4.28. The molecule has 1 unspecified atom stereocenters. The molecule has 2 aliphatic rings. The summed E-state index contributed by atoms with van der Waals surface area (Å²) < 4.78 is 0. The van der Waals surface area contributed by atoms with Crippen LogP contribution in [0.15, 0.2) is 22.8 Å².